The van der Waals surface area contributed by atoms with Gasteiger partial charge in [0.2, 0.25) is 0 Å². The summed E-state index contributed by atoms with van der Waals surface area (Å²) in [6, 6.07) is 14.6. The molecule has 0 fully saturated rings. The quantitative estimate of drug-likeness (QED) is 0.615. The summed E-state index contributed by atoms with van der Waals surface area (Å²) in [5.74, 6) is 0. The fourth-order valence-electron chi connectivity index (χ4n) is 3.71. The second-order valence-electron chi connectivity index (χ2n) is 7.12. The summed E-state index contributed by atoms with van der Waals surface area (Å²) in [4.78, 5) is 7.75. The van der Waals surface area contributed by atoms with Crippen LogP contribution in [0.25, 0.3) is 24.3 Å². The maximum absolute atomic E-state index is 4.31. The molecule has 2 aromatic heterocycles. The summed E-state index contributed by atoms with van der Waals surface area (Å²) in [6.45, 7) is 2.19. The van der Waals surface area contributed by atoms with Gasteiger partial charge in [-0.15, -0.1) is 0 Å². The molecule has 0 unspecified atom stereocenters. The molecule has 0 saturated heterocycles. The van der Waals surface area contributed by atoms with Gasteiger partial charge in [0.1, 0.15) is 0 Å². The number of hydrogen-bond acceptors (Lipinski definition) is 1. The number of fused-ring (bicyclic) bond motifs is 1. The lowest BCUT2D eigenvalue weighted by molar-refractivity contribution is -0.388. The molecule has 27 heavy (non-hydrogen) atoms. The minimum atomic E-state index is 0.974. The predicted molar refractivity (Wildman–Crippen MR) is 113 cm³/mol. The Kier molecular flexibility index (Phi) is 5.24. The number of aromatic nitrogens is 2. The zero-order valence-corrected chi connectivity index (χ0v) is 15.8. The largest absolute Gasteiger partial charge is 0.257 e. The molecule has 2 heteroatoms. The topological polar surface area (TPSA) is 27.0 Å². The molecule has 0 saturated carbocycles. The van der Waals surface area contributed by atoms with Crippen molar-refractivity contribution in [2.45, 2.75) is 32.6 Å². The van der Waals surface area contributed by atoms with E-state index in [9.17, 15) is 0 Å². The van der Waals surface area contributed by atoms with Gasteiger partial charge in [0, 0.05) is 24.2 Å². The molecule has 2 nitrogen and oxygen atoms in total. The number of pyridine rings is 2. The number of H-pyrrole nitrogens is 1. The SMILES string of the molecule is Cc1[nH+]cc(/C=C/c2ccc(/C=C/c3ccccn3)cc2)c2c1CCCC2. The van der Waals surface area contributed by atoms with E-state index in [4.69, 9.17) is 0 Å². The number of aromatic amines is 1. The van der Waals surface area contributed by atoms with Gasteiger partial charge < -0.3 is 0 Å². The first kappa shape index (κ1) is 17.4. The minimum Gasteiger partial charge on any atom is -0.257 e. The van der Waals surface area contributed by atoms with E-state index in [1.807, 2.05) is 30.5 Å². The van der Waals surface area contributed by atoms with Crippen molar-refractivity contribution in [3.05, 3.63) is 94.1 Å². The molecule has 134 valence electrons. The number of nitrogens with zero attached hydrogens (tertiary/aromatic N) is 1. The van der Waals surface area contributed by atoms with E-state index >= 15 is 0 Å². The fraction of sp³-hybridized carbons (Fsp3) is 0.200. The molecular weight excluding hydrogens is 328 g/mol. The molecule has 0 radical (unpaired) electrons. The highest BCUT2D eigenvalue weighted by molar-refractivity contribution is 5.73. The Bertz CT molecular complexity index is 967. The second kappa shape index (κ2) is 8.13. The Morgan fingerprint density at radius 3 is 2.22 bits per heavy atom. The smallest absolute Gasteiger partial charge is 0.179 e. The molecule has 2 heterocycles. The Labute approximate surface area is 161 Å². The number of benzene rings is 1. The number of aryl methyl sites for hydroxylation is 1. The predicted octanol–water partition coefficient (Wildman–Crippen LogP) is 5.42. The first-order chi connectivity index (χ1) is 13.3. The molecular formula is C25H25N2+. The van der Waals surface area contributed by atoms with Gasteiger partial charge in [-0.25, -0.2) is 4.98 Å². The van der Waals surface area contributed by atoms with Gasteiger partial charge in [-0.05, 0) is 66.7 Å². The number of nitrogens with one attached hydrogen (secondary N) is 1. The van der Waals surface area contributed by atoms with Crippen LogP contribution in [0.5, 0.6) is 0 Å². The van der Waals surface area contributed by atoms with E-state index in [1.54, 1.807) is 0 Å². The van der Waals surface area contributed by atoms with Gasteiger partial charge in [-0.1, -0.05) is 42.5 Å². The molecule has 1 aliphatic rings. The highest BCUT2D eigenvalue weighted by Crippen LogP contribution is 2.26. The summed E-state index contributed by atoms with van der Waals surface area (Å²) in [6.07, 6.45) is 17.6. The van der Waals surface area contributed by atoms with Crippen LogP contribution in [0.1, 0.15) is 52.0 Å². The Hall–Kier alpha value is -3.00. The summed E-state index contributed by atoms with van der Waals surface area (Å²) in [7, 11) is 0. The van der Waals surface area contributed by atoms with Crippen molar-refractivity contribution in [3.63, 3.8) is 0 Å². The van der Waals surface area contributed by atoms with Gasteiger partial charge in [-0.3, -0.25) is 4.98 Å². The number of rotatable bonds is 4. The maximum Gasteiger partial charge on any atom is 0.179 e. The average Bonchev–Trinajstić information content (AvgIpc) is 2.73. The highest BCUT2D eigenvalue weighted by atomic mass is 14.7. The second-order valence-corrected chi connectivity index (χ2v) is 7.12. The summed E-state index contributed by atoms with van der Waals surface area (Å²) < 4.78 is 0. The molecule has 3 aromatic rings. The van der Waals surface area contributed by atoms with E-state index < -0.39 is 0 Å². The van der Waals surface area contributed by atoms with Crippen molar-refractivity contribution in [1.29, 1.82) is 0 Å². The molecule has 4 rings (SSSR count). The maximum atomic E-state index is 4.31. The van der Waals surface area contributed by atoms with E-state index in [2.05, 4.69) is 65.6 Å². The van der Waals surface area contributed by atoms with Crippen LogP contribution in [0.4, 0.5) is 0 Å². The molecule has 0 bridgehead atoms. The van der Waals surface area contributed by atoms with Crippen LogP contribution >= 0.6 is 0 Å². The normalized spacial score (nSPS) is 14.0. The first-order valence-electron chi connectivity index (χ1n) is 9.70. The van der Waals surface area contributed by atoms with Crippen molar-refractivity contribution in [2.75, 3.05) is 0 Å². The van der Waals surface area contributed by atoms with E-state index in [0.717, 1.165) is 5.69 Å². The molecule has 1 N–H and O–H groups in total. The Balaban J connectivity index is 1.50. The molecule has 1 aromatic carbocycles. The van der Waals surface area contributed by atoms with Crippen LogP contribution in [-0.4, -0.2) is 4.98 Å². The van der Waals surface area contributed by atoms with Gasteiger partial charge in [-0.2, -0.15) is 0 Å². The third-order valence-corrected chi connectivity index (χ3v) is 5.24. The summed E-state index contributed by atoms with van der Waals surface area (Å²) in [5.41, 5.74) is 9.08. The third-order valence-electron chi connectivity index (χ3n) is 5.24. The lowest BCUT2D eigenvalue weighted by Crippen LogP contribution is -2.17. The van der Waals surface area contributed by atoms with Crippen LogP contribution < -0.4 is 4.98 Å². The van der Waals surface area contributed by atoms with Crippen LogP contribution in [0.15, 0.2) is 54.9 Å². The molecule has 0 aliphatic heterocycles. The standard InChI is InChI=1S/C25H24N2/c1-19-24-7-2-3-8-25(24)22(18-27-19)15-13-20-9-11-21(12-10-20)14-16-23-6-4-5-17-26-23/h4-6,9-18H,2-3,7-8H2,1H3/p+1/b15-13+,16-14+. The van der Waals surface area contributed by atoms with Crippen LogP contribution in [0.3, 0.4) is 0 Å². The lowest BCUT2D eigenvalue weighted by atomic mass is 9.88. The number of hydrogen-bond donors (Lipinski definition) is 0. The van der Waals surface area contributed by atoms with Gasteiger partial charge in [0.25, 0.3) is 0 Å². The lowest BCUT2D eigenvalue weighted by Gasteiger charge is -2.16. The molecule has 1 aliphatic carbocycles. The third kappa shape index (κ3) is 4.22. The zero-order valence-electron chi connectivity index (χ0n) is 15.8. The van der Waals surface area contributed by atoms with E-state index in [1.165, 1.54) is 59.2 Å². The molecule has 0 spiro atoms. The van der Waals surface area contributed by atoms with Crippen LogP contribution in [0.2, 0.25) is 0 Å². The van der Waals surface area contributed by atoms with Gasteiger partial charge in [0.15, 0.2) is 11.9 Å². The van der Waals surface area contributed by atoms with Crippen molar-refractivity contribution in [1.82, 2.24) is 4.98 Å². The highest BCUT2D eigenvalue weighted by Gasteiger charge is 2.18. The van der Waals surface area contributed by atoms with E-state index in [-0.39, 0.29) is 0 Å². The Morgan fingerprint density at radius 2 is 1.52 bits per heavy atom. The van der Waals surface area contributed by atoms with E-state index in [0.29, 0.717) is 0 Å². The van der Waals surface area contributed by atoms with Gasteiger partial charge in [0.05, 0.1) is 5.69 Å². The monoisotopic (exact) mass is 353 g/mol. The minimum absolute atomic E-state index is 0.974. The van der Waals surface area contributed by atoms with Crippen molar-refractivity contribution >= 4 is 24.3 Å². The Morgan fingerprint density at radius 1 is 0.815 bits per heavy atom. The van der Waals surface area contributed by atoms with Crippen LogP contribution in [-0.2, 0) is 12.8 Å². The summed E-state index contributed by atoms with van der Waals surface area (Å²) >= 11 is 0. The van der Waals surface area contributed by atoms with Crippen molar-refractivity contribution < 1.29 is 4.98 Å². The van der Waals surface area contributed by atoms with Crippen LogP contribution in [0, 0.1) is 6.92 Å². The fourth-order valence-corrected chi connectivity index (χ4v) is 3.71. The van der Waals surface area contributed by atoms with Gasteiger partial charge >= 0.3 is 0 Å². The first-order valence-corrected chi connectivity index (χ1v) is 9.70. The summed E-state index contributed by atoms with van der Waals surface area (Å²) in [5, 5.41) is 0. The average molecular weight is 353 g/mol. The van der Waals surface area contributed by atoms with Crippen molar-refractivity contribution in [2.24, 2.45) is 0 Å². The van der Waals surface area contributed by atoms with Crippen molar-refractivity contribution in [3.8, 4) is 0 Å². The molecule has 0 amide bonds. The zero-order chi connectivity index (χ0) is 18.5. The molecule has 0 atom stereocenters.